The summed E-state index contributed by atoms with van der Waals surface area (Å²) in [5.74, 6) is 1.14. The van der Waals surface area contributed by atoms with Crippen molar-refractivity contribution in [3.8, 4) is 11.5 Å². The Hall–Kier alpha value is -1.71. The highest BCUT2D eigenvalue weighted by Crippen LogP contribution is 2.31. The minimum absolute atomic E-state index is 0.121. The molecular formula is C12H15NO3. The van der Waals surface area contributed by atoms with Crippen LogP contribution >= 0.6 is 0 Å². The van der Waals surface area contributed by atoms with Crippen molar-refractivity contribution in [2.24, 2.45) is 0 Å². The Morgan fingerprint density at radius 3 is 2.88 bits per heavy atom. The van der Waals surface area contributed by atoms with E-state index in [9.17, 15) is 4.79 Å². The lowest BCUT2D eigenvalue weighted by atomic mass is 10.1. The lowest BCUT2D eigenvalue weighted by Crippen LogP contribution is -2.53. The van der Waals surface area contributed by atoms with E-state index in [2.05, 4.69) is 5.32 Å². The van der Waals surface area contributed by atoms with Crippen LogP contribution in [0.4, 0.5) is 0 Å². The van der Waals surface area contributed by atoms with Gasteiger partial charge in [-0.05, 0) is 25.1 Å². The topological polar surface area (TPSA) is 47.6 Å². The molecule has 86 valence electrons. The van der Waals surface area contributed by atoms with Gasteiger partial charge in [-0.15, -0.1) is 0 Å². The number of carbonyl (C=O) groups excluding carboxylic acids is 1. The van der Waals surface area contributed by atoms with Crippen LogP contribution in [0.2, 0.25) is 0 Å². The molecule has 16 heavy (non-hydrogen) atoms. The third-order valence-corrected chi connectivity index (χ3v) is 2.82. The van der Waals surface area contributed by atoms with Crippen LogP contribution in [0.15, 0.2) is 18.2 Å². The van der Waals surface area contributed by atoms with E-state index in [4.69, 9.17) is 9.47 Å². The maximum atomic E-state index is 11.9. The Morgan fingerprint density at radius 1 is 1.50 bits per heavy atom. The van der Waals surface area contributed by atoms with Crippen LogP contribution in [-0.2, 0) is 0 Å². The van der Waals surface area contributed by atoms with Gasteiger partial charge in [-0.2, -0.15) is 0 Å². The van der Waals surface area contributed by atoms with E-state index in [0.29, 0.717) is 23.5 Å². The average Bonchev–Trinajstić information content (AvgIpc) is 2.28. The molecule has 1 aromatic carbocycles. The molecule has 1 atom stereocenters. The fourth-order valence-corrected chi connectivity index (χ4v) is 1.64. The van der Waals surface area contributed by atoms with Gasteiger partial charge in [0.15, 0.2) is 5.72 Å². The maximum Gasteiger partial charge on any atom is 0.258 e. The van der Waals surface area contributed by atoms with E-state index in [-0.39, 0.29) is 5.91 Å². The molecule has 0 radical (unpaired) electrons. The number of amides is 1. The standard InChI is InChI=1S/C12H15NO3/c1-4-12(2)13-11(14)9-7-8(15-3)5-6-10(9)16-12/h5-7H,4H2,1-3H3,(H,13,14). The number of nitrogens with one attached hydrogen (secondary N) is 1. The molecule has 1 aliphatic heterocycles. The fraction of sp³-hybridized carbons (Fsp3) is 0.417. The molecule has 0 aliphatic carbocycles. The smallest absolute Gasteiger partial charge is 0.258 e. The van der Waals surface area contributed by atoms with Crippen molar-refractivity contribution in [3.05, 3.63) is 23.8 Å². The van der Waals surface area contributed by atoms with E-state index < -0.39 is 5.72 Å². The van der Waals surface area contributed by atoms with Crippen molar-refractivity contribution >= 4 is 5.91 Å². The summed E-state index contributed by atoms with van der Waals surface area (Å²) in [6, 6.07) is 5.23. The molecule has 4 nitrogen and oxygen atoms in total. The summed E-state index contributed by atoms with van der Waals surface area (Å²) in [4.78, 5) is 11.9. The van der Waals surface area contributed by atoms with Crippen LogP contribution in [0.5, 0.6) is 11.5 Å². The van der Waals surface area contributed by atoms with Gasteiger partial charge in [0.1, 0.15) is 11.5 Å². The van der Waals surface area contributed by atoms with Gasteiger partial charge in [-0.3, -0.25) is 4.79 Å². The molecular weight excluding hydrogens is 206 g/mol. The van der Waals surface area contributed by atoms with E-state index >= 15 is 0 Å². The Kier molecular flexibility index (Phi) is 2.50. The maximum absolute atomic E-state index is 11.9. The number of rotatable bonds is 2. The van der Waals surface area contributed by atoms with Crippen LogP contribution in [0.1, 0.15) is 30.6 Å². The first-order valence-corrected chi connectivity index (χ1v) is 5.27. The van der Waals surface area contributed by atoms with Crippen molar-refractivity contribution < 1.29 is 14.3 Å². The minimum atomic E-state index is -0.612. The molecule has 4 heteroatoms. The third kappa shape index (κ3) is 1.71. The largest absolute Gasteiger partial charge is 0.497 e. The van der Waals surface area contributed by atoms with Gasteiger partial charge in [0.05, 0.1) is 12.7 Å². The lowest BCUT2D eigenvalue weighted by molar-refractivity contribution is 0.0289. The first-order valence-electron chi connectivity index (χ1n) is 5.27. The third-order valence-electron chi connectivity index (χ3n) is 2.82. The zero-order valence-electron chi connectivity index (χ0n) is 9.66. The Balaban J connectivity index is 2.42. The molecule has 1 N–H and O–H groups in total. The fourth-order valence-electron chi connectivity index (χ4n) is 1.64. The zero-order chi connectivity index (χ0) is 11.8. The number of hydrogen-bond donors (Lipinski definition) is 1. The quantitative estimate of drug-likeness (QED) is 0.830. The highest BCUT2D eigenvalue weighted by molar-refractivity contribution is 5.98. The van der Waals surface area contributed by atoms with Gasteiger partial charge in [0, 0.05) is 6.42 Å². The number of carbonyl (C=O) groups is 1. The van der Waals surface area contributed by atoms with Crippen LogP contribution in [-0.4, -0.2) is 18.7 Å². The van der Waals surface area contributed by atoms with E-state index in [1.165, 1.54) is 0 Å². The van der Waals surface area contributed by atoms with E-state index in [1.54, 1.807) is 25.3 Å². The summed E-state index contributed by atoms with van der Waals surface area (Å²) in [5.41, 5.74) is -0.0937. The van der Waals surface area contributed by atoms with Crippen molar-refractivity contribution in [2.75, 3.05) is 7.11 Å². The molecule has 0 spiro atoms. The van der Waals surface area contributed by atoms with Crippen molar-refractivity contribution in [3.63, 3.8) is 0 Å². The molecule has 0 bridgehead atoms. The highest BCUT2D eigenvalue weighted by Gasteiger charge is 2.34. The molecule has 0 saturated heterocycles. The van der Waals surface area contributed by atoms with Crippen LogP contribution in [0.25, 0.3) is 0 Å². The summed E-state index contributed by atoms with van der Waals surface area (Å²) in [5, 5.41) is 2.83. The molecule has 0 aromatic heterocycles. The molecule has 0 saturated carbocycles. The minimum Gasteiger partial charge on any atom is -0.497 e. The predicted molar refractivity (Wildman–Crippen MR) is 59.8 cm³/mol. The van der Waals surface area contributed by atoms with E-state index in [1.807, 2.05) is 13.8 Å². The van der Waals surface area contributed by atoms with Crippen molar-refractivity contribution in [1.82, 2.24) is 5.32 Å². The number of fused-ring (bicyclic) bond motifs is 1. The first kappa shape index (κ1) is 10.8. The Bertz CT molecular complexity index is 430. The van der Waals surface area contributed by atoms with Crippen molar-refractivity contribution in [2.45, 2.75) is 26.0 Å². The summed E-state index contributed by atoms with van der Waals surface area (Å²) < 4.78 is 10.8. The Labute approximate surface area is 94.6 Å². The second-order valence-electron chi connectivity index (χ2n) is 4.00. The molecule has 1 heterocycles. The second-order valence-corrected chi connectivity index (χ2v) is 4.00. The van der Waals surface area contributed by atoms with E-state index in [0.717, 1.165) is 0 Å². The molecule has 2 rings (SSSR count). The number of hydrogen-bond acceptors (Lipinski definition) is 3. The number of methoxy groups -OCH3 is 1. The summed E-state index contributed by atoms with van der Waals surface area (Å²) in [6.07, 6.45) is 0.713. The highest BCUT2D eigenvalue weighted by atomic mass is 16.5. The lowest BCUT2D eigenvalue weighted by Gasteiger charge is -2.35. The summed E-state index contributed by atoms with van der Waals surface area (Å²) in [7, 11) is 1.57. The van der Waals surface area contributed by atoms with Gasteiger partial charge in [-0.1, -0.05) is 6.92 Å². The van der Waals surface area contributed by atoms with Crippen LogP contribution in [0, 0.1) is 0 Å². The number of benzene rings is 1. The molecule has 1 aliphatic rings. The molecule has 1 aromatic rings. The normalized spacial score (nSPS) is 23.1. The number of ether oxygens (including phenoxy) is 2. The van der Waals surface area contributed by atoms with Crippen LogP contribution in [0.3, 0.4) is 0 Å². The monoisotopic (exact) mass is 221 g/mol. The first-order chi connectivity index (χ1) is 7.58. The summed E-state index contributed by atoms with van der Waals surface area (Å²) in [6.45, 7) is 3.83. The predicted octanol–water partition coefficient (Wildman–Crippen LogP) is 1.94. The summed E-state index contributed by atoms with van der Waals surface area (Å²) >= 11 is 0. The van der Waals surface area contributed by atoms with Crippen molar-refractivity contribution in [1.29, 1.82) is 0 Å². The van der Waals surface area contributed by atoms with Gasteiger partial charge < -0.3 is 14.8 Å². The SMILES string of the molecule is CCC1(C)NC(=O)c2cc(OC)ccc2O1. The van der Waals surface area contributed by atoms with Crippen LogP contribution < -0.4 is 14.8 Å². The average molecular weight is 221 g/mol. The zero-order valence-corrected chi connectivity index (χ0v) is 9.66. The molecule has 1 unspecified atom stereocenters. The second kappa shape index (κ2) is 3.70. The molecule has 1 amide bonds. The van der Waals surface area contributed by atoms with Gasteiger partial charge >= 0.3 is 0 Å². The molecule has 0 fully saturated rings. The van der Waals surface area contributed by atoms with Gasteiger partial charge in [0.25, 0.3) is 5.91 Å². The Morgan fingerprint density at radius 2 is 2.25 bits per heavy atom. The van der Waals surface area contributed by atoms with Gasteiger partial charge in [0.2, 0.25) is 0 Å². The van der Waals surface area contributed by atoms with Gasteiger partial charge in [-0.25, -0.2) is 0 Å².